The molecule has 16 amide bonds. The number of aromatic amines is 1. The van der Waals surface area contributed by atoms with Crippen molar-refractivity contribution in [2.75, 3.05) is 39.5 Å². The van der Waals surface area contributed by atoms with Gasteiger partial charge in [-0.1, -0.05) is 113 Å². The van der Waals surface area contributed by atoms with Crippen molar-refractivity contribution in [1.29, 1.82) is 5.41 Å². The summed E-state index contributed by atoms with van der Waals surface area (Å²) in [6.45, 7) is 10.3. The Labute approximate surface area is 704 Å². The average molecular weight is 1730 g/mol. The second-order valence-corrected chi connectivity index (χ2v) is 33.0. The number of H-pyrrole nitrogens is 1. The van der Waals surface area contributed by atoms with Crippen LogP contribution in [0.5, 0.6) is 0 Å². The van der Waals surface area contributed by atoms with E-state index in [9.17, 15) is 75.6 Å². The number of carbonyl (C=O) groups excluding carboxylic acids is 17. The van der Waals surface area contributed by atoms with E-state index in [1.807, 2.05) is 0 Å². The lowest BCUT2D eigenvalue weighted by Crippen LogP contribution is -2.64. The number of fused-ring (bicyclic) bond motifs is 1. The van der Waals surface area contributed by atoms with Gasteiger partial charge in [-0.2, -0.15) is 8.42 Å². The summed E-state index contributed by atoms with van der Waals surface area (Å²) in [7, 11) is -3.48. The Morgan fingerprint density at radius 3 is 1.89 bits per heavy atom. The molecule has 122 heavy (non-hydrogen) atoms. The van der Waals surface area contributed by atoms with E-state index in [2.05, 4.69) is 68.8 Å². The molecule has 1 aromatic heterocycles. The molecule has 0 spiro atoms. The normalized spacial score (nSPS) is 20.4. The zero-order valence-corrected chi connectivity index (χ0v) is 70.2. The molecule has 2 aliphatic heterocycles. The standard InChI is InChI=1S/C79H112N20O22S/c1-41(2)61(93-71(111)57-28-20-32-99(57)76(116)53(34-46-23-15-12-16-24-46)90-65(105)42(3)86-40-100)72(112)96-64(79(6,7)8)74(114)89-52(35-47-37-85-49-26-18-17-25-48(47)49)67(107)87-50(27-19-31-84-78(82)83)66(106)92-55(39-122(118,119)120)69(109)95-63-44(5)121-60(104)38-97(9)75(115)54(36-59(81)103)91-73(113)62(43(4)101)94-68(108)51(33-45-21-13-11-14-22-45)88-70(110)56(29-30-58(80)102)98(10)77(63)117/h11-18,21-26,37,40-44,50-57,61-64,85,101H,19-20,27-36,38-39H2,1-10H3,(H2,80,102)(H2,81,103)(H,86,100)(H,87,107)(H,88,110)(H,89,114)(H,90,105)(H,91,113)(H,92,106)(H,93,111)(H,94,108)(H,95,109)(H,96,112)(H4,82,83,84)(H,118,119,120)/t42-,43-,44-,50+,51-,52-,53+,54+,55-,56+,57+,61-,62+,63+,64-/m1/s1. The molecule has 0 radical (unpaired) electrons. The van der Waals surface area contributed by atoms with Gasteiger partial charge in [-0.25, -0.2) is 0 Å². The fraction of sp³-hybridized carbons (Fsp3) is 0.519. The summed E-state index contributed by atoms with van der Waals surface area (Å²) in [6.07, 6.45) is -5.01. The topological polar surface area (TPSA) is 646 Å². The van der Waals surface area contributed by atoms with Crippen molar-refractivity contribution < 1.29 is 104 Å². The number of nitrogens with two attached hydrogens (primary N) is 3. The van der Waals surface area contributed by atoms with E-state index in [1.54, 1.807) is 120 Å². The van der Waals surface area contributed by atoms with Crippen LogP contribution in [0.15, 0.2) is 91.1 Å². The van der Waals surface area contributed by atoms with Gasteiger partial charge in [0.1, 0.15) is 96.9 Å². The number of aliphatic hydroxyl groups is 1. The Morgan fingerprint density at radius 1 is 0.689 bits per heavy atom. The Morgan fingerprint density at radius 2 is 1.29 bits per heavy atom. The third kappa shape index (κ3) is 29.4. The minimum Gasteiger partial charge on any atom is -0.459 e. The molecular formula is C79H112N20O22S. The Bertz CT molecular complexity index is 4590. The molecule has 15 atom stereocenters. The first-order chi connectivity index (χ1) is 57.3. The highest BCUT2D eigenvalue weighted by Crippen LogP contribution is 2.26. The number of aromatic nitrogens is 1. The minimum absolute atomic E-state index is 0.00747. The number of cyclic esters (lactones) is 1. The van der Waals surface area contributed by atoms with Gasteiger partial charge in [0.25, 0.3) is 10.1 Å². The van der Waals surface area contributed by atoms with Crippen LogP contribution in [0.3, 0.4) is 0 Å². The number of hydrogen-bond donors (Lipinski definition) is 19. The second-order valence-electron chi connectivity index (χ2n) is 31.5. The van der Waals surface area contributed by atoms with Gasteiger partial charge >= 0.3 is 5.97 Å². The van der Waals surface area contributed by atoms with Gasteiger partial charge in [-0.05, 0) is 87.0 Å². The first-order valence-electron chi connectivity index (χ1n) is 39.4. The number of likely N-dealkylation sites (tertiary alicyclic amines) is 1. The van der Waals surface area contributed by atoms with Crippen LogP contribution in [0.4, 0.5) is 0 Å². The van der Waals surface area contributed by atoms with E-state index in [4.69, 9.17) is 27.3 Å². The van der Waals surface area contributed by atoms with Crippen molar-refractivity contribution in [3.05, 3.63) is 108 Å². The molecule has 0 unspecified atom stereocenters. The van der Waals surface area contributed by atoms with E-state index in [0.29, 0.717) is 50.2 Å². The number of guanidine groups is 1. The van der Waals surface area contributed by atoms with E-state index < -0.39 is 251 Å². The number of nitrogens with zero attached hydrogens (tertiary/aromatic N) is 3. The number of likely N-dealkylation sites (N-methyl/N-ethyl adjacent to an activating group) is 2. The third-order valence-corrected chi connectivity index (χ3v) is 21.1. The zero-order chi connectivity index (χ0) is 90.8. The largest absolute Gasteiger partial charge is 0.459 e. The fourth-order valence-electron chi connectivity index (χ4n) is 13.7. The molecular weight excluding hydrogens is 1610 g/mol. The van der Waals surface area contributed by atoms with Gasteiger partial charge in [0.15, 0.2) is 5.96 Å². The SMILES string of the molecule is CC(C)[C@@H](NC(=O)[C@@H]1CCCN1C(=O)[C@H](Cc1ccccc1)NC(=O)[C@@H](C)NC=O)C(=O)N[C@H](C(=O)N[C@H](Cc1c[nH]c2ccccc12)C(=O)N[C@@H](CCCNC(=N)N)C(=O)N[C@H](CS(=O)(=O)O)C(=O)N[C@@H]1C(=O)N(C)[C@@H](CCC(N)=O)C(=O)N[C@H](Cc2ccccc2)C(=O)N[C@@H]([C@@H](C)O)C(=O)N[C@@H](CC(N)=O)C(=O)N(C)CC(=O)O[C@@H]1C)C(C)(C)C. The average Bonchev–Trinajstić information content (AvgIpc) is 1.47. The molecule has 2 saturated heterocycles. The maximum absolute atomic E-state index is 15.4. The predicted molar refractivity (Wildman–Crippen MR) is 439 cm³/mol. The maximum atomic E-state index is 15.4. The molecule has 2 fully saturated rings. The van der Waals surface area contributed by atoms with Crippen LogP contribution < -0.4 is 81.0 Å². The van der Waals surface area contributed by atoms with Crippen molar-refractivity contribution in [3.8, 4) is 0 Å². The Balaban J connectivity index is 1.36. The fourth-order valence-corrected chi connectivity index (χ4v) is 14.4. The summed E-state index contributed by atoms with van der Waals surface area (Å²) in [5.74, 6) is -20.9. The number of primary amides is 2. The molecule has 6 rings (SSSR count). The van der Waals surface area contributed by atoms with Gasteiger partial charge in [0.2, 0.25) is 95.0 Å². The lowest BCUT2D eigenvalue weighted by molar-refractivity contribution is -0.158. The predicted octanol–water partition coefficient (Wildman–Crippen LogP) is -5.23. The lowest BCUT2D eigenvalue weighted by atomic mass is 9.85. The van der Waals surface area contributed by atoms with Crippen molar-refractivity contribution in [2.24, 2.45) is 28.5 Å². The molecule has 3 aromatic carbocycles. The number of carbonyl (C=O) groups is 17. The molecule has 0 bridgehead atoms. The number of esters is 1. The van der Waals surface area contributed by atoms with E-state index in [1.165, 1.54) is 18.0 Å². The smallest absolute Gasteiger partial charge is 0.325 e. The van der Waals surface area contributed by atoms with E-state index in [0.717, 1.165) is 27.9 Å². The van der Waals surface area contributed by atoms with E-state index in [-0.39, 0.29) is 45.2 Å². The number of rotatable bonds is 36. The highest BCUT2D eigenvalue weighted by Gasteiger charge is 2.45. The van der Waals surface area contributed by atoms with Gasteiger partial charge in [-0.3, -0.25) is 91.5 Å². The van der Waals surface area contributed by atoms with Gasteiger partial charge in [0, 0.05) is 70.0 Å². The van der Waals surface area contributed by atoms with Crippen LogP contribution in [0.2, 0.25) is 0 Å². The highest BCUT2D eigenvalue weighted by molar-refractivity contribution is 7.85. The number of nitrogens with one attached hydrogen (secondary N) is 14. The number of hydrogen-bond acceptors (Lipinski definition) is 22. The number of benzene rings is 3. The van der Waals surface area contributed by atoms with Crippen molar-refractivity contribution in [1.82, 2.24) is 83.5 Å². The Kier molecular flexibility index (Phi) is 36.3. The summed E-state index contributed by atoms with van der Waals surface area (Å²) in [5, 5.41) is 49.0. The Hall–Kier alpha value is -12.7. The third-order valence-electron chi connectivity index (χ3n) is 20.3. The lowest BCUT2D eigenvalue weighted by Gasteiger charge is -2.34. The molecule has 3 heterocycles. The molecule has 2 aliphatic rings. The van der Waals surface area contributed by atoms with Crippen molar-refractivity contribution >= 4 is 128 Å². The second kappa shape index (κ2) is 45.1. The summed E-state index contributed by atoms with van der Waals surface area (Å²) < 4.78 is 42.3. The summed E-state index contributed by atoms with van der Waals surface area (Å²) in [5.41, 5.74) is 17.4. The van der Waals surface area contributed by atoms with Crippen LogP contribution in [0.25, 0.3) is 10.9 Å². The van der Waals surface area contributed by atoms with E-state index >= 15 is 24.0 Å². The van der Waals surface area contributed by atoms with Crippen molar-refractivity contribution in [2.45, 2.75) is 210 Å². The number of para-hydroxylation sites is 1. The molecule has 42 nitrogen and oxygen atoms in total. The highest BCUT2D eigenvalue weighted by atomic mass is 32.2. The monoisotopic (exact) mass is 1720 g/mol. The molecule has 43 heteroatoms. The first-order valence-corrected chi connectivity index (χ1v) is 41.1. The summed E-state index contributed by atoms with van der Waals surface area (Å²) in [6, 6.07) is 1.12. The first kappa shape index (κ1) is 98.2. The van der Waals surface area contributed by atoms with Crippen LogP contribution >= 0.6 is 0 Å². The van der Waals surface area contributed by atoms with Crippen LogP contribution in [-0.2, 0) is 116 Å². The molecule has 0 saturated carbocycles. The molecule has 4 aromatic rings. The minimum atomic E-state index is -5.45. The van der Waals surface area contributed by atoms with Gasteiger partial charge < -0.3 is 111 Å². The summed E-state index contributed by atoms with van der Waals surface area (Å²) >= 11 is 0. The number of ether oxygens (including phenoxy) is 1. The molecule has 0 aliphatic carbocycles. The zero-order valence-electron chi connectivity index (χ0n) is 69.4. The molecule has 666 valence electrons. The van der Waals surface area contributed by atoms with Crippen molar-refractivity contribution in [3.63, 3.8) is 0 Å². The van der Waals surface area contributed by atoms with Crippen LogP contribution in [0, 0.1) is 16.7 Å². The van der Waals surface area contributed by atoms with Crippen LogP contribution in [0.1, 0.15) is 117 Å². The number of amides is 16. The quantitative estimate of drug-likeness (QED) is 0.00505. The molecule has 22 N–H and O–H groups in total. The summed E-state index contributed by atoms with van der Waals surface area (Å²) in [4.78, 5) is 246. The number of aliphatic hydroxyl groups excluding tert-OH is 1. The maximum Gasteiger partial charge on any atom is 0.325 e. The van der Waals surface area contributed by atoms with Gasteiger partial charge in [-0.15, -0.1) is 0 Å². The van der Waals surface area contributed by atoms with Crippen LogP contribution in [-0.4, -0.2) is 275 Å². The van der Waals surface area contributed by atoms with Gasteiger partial charge in [0.05, 0.1) is 12.5 Å².